The van der Waals surface area contributed by atoms with Gasteiger partial charge in [-0.15, -0.1) is 0 Å². The molecule has 0 aromatic heterocycles. The normalized spacial score (nSPS) is 16.0. The molecule has 0 fully saturated rings. The van der Waals surface area contributed by atoms with E-state index < -0.39 is 0 Å². The summed E-state index contributed by atoms with van der Waals surface area (Å²) in [6, 6.07) is 0. The first-order valence-corrected chi connectivity index (χ1v) is 5.27. The summed E-state index contributed by atoms with van der Waals surface area (Å²) in [6.07, 6.45) is 6.05. The molecule has 2 heteroatoms. The third kappa shape index (κ3) is 4.15. The van der Waals surface area contributed by atoms with E-state index in [1.165, 1.54) is 0 Å². The molecule has 0 N–H and O–H groups in total. The smallest absolute Gasteiger partial charge is 0.208 e. The SMILES string of the molecule is C=C1C=C(OC(C)C)C=C(OC(C)C)[CH+]1. The van der Waals surface area contributed by atoms with Crippen molar-refractivity contribution in [1.29, 1.82) is 0 Å². The summed E-state index contributed by atoms with van der Waals surface area (Å²) in [4.78, 5) is 0. The van der Waals surface area contributed by atoms with E-state index in [1.54, 1.807) is 0 Å². The second-order valence-electron chi connectivity index (χ2n) is 4.15. The molecule has 1 rings (SSSR count). The Labute approximate surface area is 92.3 Å². The Morgan fingerprint density at radius 2 is 1.67 bits per heavy atom. The fourth-order valence-electron chi connectivity index (χ4n) is 1.31. The van der Waals surface area contributed by atoms with Gasteiger partial charge >= 0.3 is 0 Å². The molecular formula is C13H19O2+. The summed E-state index contributed by atoms with van der Waals surface area (Å²) >= 11 is 0. The highest BCUT2D eigenvalue weighted by Gasteiger charge is 2.19. The van der Waals surface area contributed by atoms with Gasteiger partial charge < -0.3 is 9.47 Å². The molecule has 0 aromatic rings. The fraction of sp³-hybridized carbons (Fsp3) is 0.462. The van der Waals surface area contributed by atoms with Crippen molar-refractivity contribution in [2.24, 2.45) is 0 Å². The van der Waals surface area contributed by atoms with E-state index in [0.717, 1.165) is 17.1 Å². The third-order valence-corrected chi connectivity index (χ3v) is 1.68. The van der Waals surface area contributed by atoms with Gasteiger partial charge in [0.2, 0.25) is 11.5 Å². The number of ether oxygens (including phenoxy) is 2. The molecule has 82 valence electrons. The maximum absolute atomic E-state index is 5.60. The van der Waals surface area contributed by atoms with Crippen LogP contribution in [-0.4, -0.2) is 12.2 Å². The molecule has 0 radical (unpaired) electrons. The average Bonchev–Trinajstić information content (AvgIpc) is 1.98. The van der Waals surface area contributed by atoms with Crippen LogP contribution in [0.3, 0.4) is 0 Å². The molecule has 0 unspecified atom stereocenters. The second-order valence-corrected chi connectivity index (χ2v) is 4.15. The van der Waals surface area contributed by atoms with Crippen molar-refractivity contribution < 1.29 is 9.47 Å². The largest absolute Gasteiger partial charge is 0.474 e. The van der Waals surface area contributed by atoms with Gasteiger partial charge in [0.15, 0.2) is 0 Å². The molecule has 0 bridgehead atoms. The number of allylic oxidation sites excluding steroid dienone is 3. The van der Waals surface area contributed by atoms with Crippen LogP contribution < -0.4 is 0 Å². The number of rotatable bonds is 4. The van der Waals surface area contributed by atoms with Gasteiger partial charge in [0.1, 0.15) is 6.08 Å². The lowest BCUT2D eigenvalue weighted by Gasteiger charge is -2.15. The second kappa shape index (κ2) is 4.96. The molecule has 15 heavy (non-hydrogen) atoms. The number of hydrogen-bond donors (Lipinski definition) is 0. The molecule has 0 saturated carbocycles. The lowest BCUT2D eigenvalue weighted by Crippen LogP contribution is -2.09. The van der Waals surface area contributed by atoms with Crippen LogP contribution in [0, 0.1) is 6.42 Å². The first-order valence-electron chi connectivity index (χ1n) is 5.27. The molecule has 1 aliphatic carbocycles. The Bertz CT molecular complexity index is 296. The maximum Gasteiger partial charge on any atom is 0.208 e. The van der Waals surface area contributed by atoms with Crippen molar-refractivity contribution in [3.8, 4) is 0 Å². The minimum atomic E-state index is 0.165. The van der Waals surface area contributed by atoms with Gasteiger partial charge in [0.05, 0.1) is 30.3 Å². The van der Waals surface area contributed by atoms with E-state index in [9.17, 15) is 0 Å². The van der Waals surface area contributed by atoms with Crippen LogP contribution in [0.2, 0.25) is 0 Å². The Kier molecular flexibility index (Phi) is 3.89. The van der Waals surface area contributed by atoms with Crippen LogP contribution in [0.1, 0.15) is 27.7 Å². The quantitative estimate of drug-likeness (QED) is 0.658. The molecule has 0 spiro atoms. The van der Waals surface area contributed by atoms with Crippen LogP contribution >= 0.6 is 0 Å². The summed E-state index contributed by atoms with van der Waals surface area (Å²) in [7, 11) is 0. The summed E-state index contributed by atoms with van der Waals surface area (Å²) in [6.45, 7) is 11.9. The molecule has 0 aromatic carbocycles. The summed E-state index contributed by atoms with van der Waals surface area (Å²) in [5, 5.41) is 0. The Morgan fingerprint density at radius 3 is 2.20 bits per heavy atom. The van der Waals surface area contributed by atoms with Gasteiger partial charge in [-0.1, -0.05) is 0 Å². The van der Waals surface area contributed by atoms with E-state index in [4.69, 9.17) is 9.47 Å². The highest BCUT2D eigenvalue weighted by atomic mass is 16.5. The zero-order valence-electron chi connectivity index (χ0n) is 9.91. The van der Waals surface area contributed by atoms with Gasteiger partial charge in [-0.25, -0.2) is 0 Å². The Morgan fingerprint density at radius 1 is 1.07 bits per heavy atom. The summed E-state index contributed by atoms with van der Waals surface area (Å²) < 4.78 is 11.2. The van der Waals surface area contributed by atoms with Gasteiger partial charge in [0.25, 0.3) is 0 Å². The van der Waals surface area contributed by atoms with E-state index >= 15 is 0 Å². The molecular weight excluding hydrogens is 188 g/mol. The van der Waals surface area contributed by atoms with E-state index in [0.29, 0.717) is 0 Å². The highest BCUT2D eigenvalue weighted by molar-refractivity contribution is 5.43. The van der Waals surface area contributed by atoms with Crippen molar-refractivity contribution in [3.05, 3.63) is 42.2 Å². The maximum atomic E-state index is 5.60. The van der Waals surface area contributed by atoms with E-state index in [2.05, 4.69) is 6.58 Å². The molecule has 0 atom stereocenters. The van der Waals surface area contributed by atoms with Crippen LogP contribution in [0.5, 0.6) is 0 Å². The van der Waals surface area contributed by atoms with Crippen molar-refractivity contribution in [2.45, 2.75) is 39.9 Å². The topological polar surface area (TPSA) is 18.5 Å². The van der Waals surface area contributed by atoms with Crippen LogP contribution in [0.4, 0.5) is 0 Å². The van der Waals surface area contributed by atoms with E-state index in [-0.39, 0.29) is 12.2 Å². The van der Waals surface area contributed by atoms with Gasteiger partial charge in [-0.05, 0) is 34.3 Å². The van der Waals surface area contributed by atoms with Crippen molar-refractivity contribution in [3.63, 3.8) is 0 Å². The number of hydrogen-bond acceptors (Lipinski definition) is 2. The summed E-state index contributed by atoms with van der Waals surface area (Å²) in [5.41, 5.74) is 0.906. The van der Waals surface area contributed by atoms with Gasteiger partial charge in [-0.3, -0.25) is 0 Å². The molecule has 0 heterocycles. The molecule has 0 saturated heterocycles. The standard InChI is InChI=1S/C13H19O2/c1-9(2)14-12-6-11(5)7-13(8-12)15-10(3)4/h6-10H,5H2,1-4H3/q+1. The predicted octanol–water partition coefficient (Wildman–Crippen LogP) is 3.38. The first kappa shape index (κ1) is 11.8. The minimum Gasteiger partial charge on any atom is -0.474 e. The predicted molar refractivity (Wildman–Crippen MR) is 62.0 cm³/mol. The van der Waals surface area contributed by atoms with Crippen LogP contribution in [0.25, 0.3) is 0 Å². The lowest BCUT2D eigenvalue weighted by atomic mass is 10.1. The molecule has 0 aliphatic heterocycles. The Balaban J connectivity index is 2.70. The van der Waals surface area contributed by atoms with Gasteiger partial charge in [-0.2, -0.15) is 0 Å². The van der Waals surface area contributed by atoms with Gasteiger partial charge in [0, 0.05) is 0 Å². The first-order chi connectivity index (χ1) is 6.97. The van der Waals surface area contributed by atoms with Crippen LogP contribution in [-0.2, 0) is 9.47 Å². The molecule has 1 aliphatic rings. The zero-order valence-corrected chi connectivity index (χ0v) is 9.91. The zero-order chi connectivity index (χ0) is 11.4. The Hall–Kier alpha value is -1.31. The molecule has 2 nitrogen and oxygen atoms in total. The van der Waals surface area contributed by atoms with Crippen molar-refractivity contribution >= 4 is 0 Å². The highest BCUT2D eigenvalue weighted by Crippen LogP contribution is 2.23. The van der Waals surface area contributed by atoms with Crippen LogP contribution in [0.15, 0.2) is 35.8 Å². The lowest BCUT2D eigenvalue weighted by molar-refractivity contribution is 0.138. The monoisotopic (exact) mass is 207 g/mol. The average molecular weight is 207 g/mol. The third-order valence-electron chi connectivity index (χ3n) is 1.68. The van der Waals surface area contributed by atoms with Crippen molar-refractivity contribution in [2.75, 3.05) is 0 Å². The molecule has 0 amide bonds. The van der Waals surface area contributed by atoms with Crippen molar-refractivity contribution in [1.82, 2.24) is 0 Å². The minimum absolute atomic E-state index is 0.165. The fourth-order valence-corrected chi connectivity index (χ4v) is 1.31. The van der Waals surface area contributed by atoms with E-state index in [1.807, 2.05) is 46.3 Å². The summed E-state index contributed by atoms with van der Waals surface area (Å²) in [5.74, 6) is 1.63.